The van der Waals surface area contributed by atoms with Crippen LogP contribution >= 0.6 is 27.3 Å². The van der Waals surface area contributed by atoms with Crippen molar-refractivity contribution >= 4 is 27.3 Å². The minimum atomic E-state index is 0.409. The first-order valence-corrected chi connectivity index (χ1v) is 7.69. The summed E-state index contributed by atoms with van der Waals surface area (Å²) in [5.41, 5.74) is 0.409. The van der Waals surface area contributed by atoms with Crippen molar-refractivity contribution in [1.82, 2.24) is 5.32 Å². The molecule has 1 N–H and O–H groups in total. The van der Waals surface area contributed by atoms with Crippen molar-refractivity contribution < 1.29 is 0 Å². The fourth-order valence-corrected chi connectivity index (χ4v) is 3.31. The highest BCUT2D eigenvalue weighted by Crippen LogP contribution is 2.29. The van der Waals surface area contributed by atoms with E-state index in [9.17, 15) is 0 Å². The lowest BCUT2D eigenvalue weighted by atomic mass is 9.87. The van der Waals surface area contributed by atoms with Crippen molar-refractivity contribution in [3.8, 4) is 0 Å². The minimum Gasteiger partial charge on any atom is -0.313 e. The van der Waals surface area contributed by atoms with E-state index < -0.39 is 0 Å². The SMILES string of the molecule is CC(C)(CCc1sccc1Br)CNC1CC1. The van der Waals surface area contributed by atoms with Crippen LogP contribution in [-0.4, -0.2) is 12.6 Å². The van der Waals surface area contributed by atoms with Crippen LogP contribution in [0.1, 0.15) is 38.0 Å². The van der Waals surface area contributed by atoms with Crippen molar-refractivity contribution in [2.24, 2.45) is 5.41 Å². The van der Waals surface area contributed by atoms with Gasteiger partial charge < -0.3 is 5.32 Å². The third kappa shape index (κ3) is 3.86. The van der Waals surface area contributed by atoms with E-state index in [0.29, 0.717) is 5.41 Å². The highest BCUT2D eigenvalue weighted by Gasteiger charge is 2.25. The normalized spacial score (nSPS) is 16.7. The molecule has 0 amide bonds. The van der Waals surface area contributed by atoms with Crippen LogP contribution in [0, 0.1) is 5.41 Å². The van der Waals surface area contributed by atoms with E-state index >= 15 is 0 Å². The summed E-state index contributed by atoms with van der Waals surface area (Å²) < 4.78 is 1.28. The van der Waals surface area contributed by atoms with Crippen molar-refractivity contribution in [3.05, 3.63) is 20.8 Å². The Balaban J connectivity index is 1.76. The second-order valence-corrected chi connectivity index (χ2v) is 7.37. The topological polar surface area (TPSA) is 12.0 Å². The lowest BCUT2D eigenvalue weighted by molar-refractivity contribution is 0.314. The fraction of sp³-hybridized carbons (Fsp3) is 0.692. The number of thiophene rings is 1. The zero-order valence-corrected chi connectivity index (χ0v) is 12.5. The van der Waals surface area contributed by atoms with Gasteiger partial charge >= 0.3 is 0 Å². The maximum Gasteiger partial charge on any atom is 0.0314 e. The molecule has 90 valence electrons. The number of hydrogen-bond acceptors (Lipinski definition) is 2. The number of hydrogen-bond donors (Lipinski definition) is 1. The third-order valence-corrected chi connectivity index (χ3v) is 5.15. The average Bonchev–Trinajstić information content (AvgIpc) is 2.97. The van der Waals surface area contributed by atoms with Gasteiger partial charge in [-0.25, -0.2) is 0 Å². The number of nitrogens with one attached hydrogen (secondary N) is 1. The molecule has 1 nitrogen and oxygen atoms in total. The molecule has 0 bridgehead atoms. The summed E-state index contributed by atoms with van der Waals surface area (Å²) in [6.07, 6.45) is 5.21. The van der Waals surface area contributed by atoms with Crippen molar-refractivity contribution in [3.63, 3.8) is 0 Å². The van der Waals surface area contributed by atoms with Crippen LogP contribution in [0.15, 0.2) is 15.9 Å². The Bertz CT molecular complexity index is 341. The molecule has 1 aliphatic rings. The van der Waals surface area contributed by atoms with Crippen LogP contribution in [0.3, 0.4) is 0 Å². The van der Waals surface area contributed by atoms with Gasteiger partial charge in [0.25, 0.3) is 0 Å². The predicted molar refractivity (Wildman–Crippen MR) is 75.1 cm³/mol. The van der Waals surface area contributed by atoms with Gasteiger partial charge in [-0.3, -0.25) is 0 Å². The first kappa shape index (κ1) is 12.6. The van der Waals surface area contributed by atoms with E-state index in [2.05, 4.69) is 46.5 Å². The van der Waals surface area contributed by atoms with Gasteiger partial charge in [0.15, 0.2) is 0 Å². The largest absolute Gasteiger partial charge is 0.313 e. The third-order valence-electron chi connectivity index (χ3n) is 3.17. The van der Waals surface area contributed by atoms with Gasteiger partial charge in [-0.15, -0.1) is 11.3 Å². The Morgan fingerprint density at radius 1 is 1.50 bits per heavy atom. The number of aryl methyl sites for hydroxylation is 1. The molecule has 0 unspecified atom stereocenters. The number of halogens is 1. The first-order valence-electron chi connectivity index (χ1n) is 6.02. The molecule has 2 rings (SSSR count). The smallest absolute Gasteiger partial charge is 0.0314 e. The summed E-state index contributed by atoms with van der Waals surface area (Å²) in [7, 11) is 0. The molecule has 0 atom stereocenters. The monoisotopic (exact) mass is 301 g/mol. The van der Waals surface area contributed by atoms with Gasteiger partial charge in [-0.1, -0.05) is 13.8 Å². The van der Waals surface area contributed by atoms with E-state index in [0.717, 1.165) is 12.6 Å². The van der Waals surface area contributed by atoms with Crippen LogP contribution in [0.4, 0.5) is 0 Å². The standard InChI is InChI=1S/C13H20BrNS/c1-13(2,9-15-10-3-4-10)7-5-12-11(14)6-8-16-12/h6,8,10,15H,3-5,7,9H2,1-2H3. The summed E-state index contributed by atoms with van der Waals surface area (Å²) >= 11 is 5.46. The van der Waals surface area contributed by atoms with Gasteiger partial charge in [0.05, 0.1) is 0 Å². The quantitative estimate of drug-likeness (QED) is 0.829. The second kappa shape index (κ2) is 5.19. The molecule has 0 radical (unpaired) electrons. The van der Waals surface area contributed by atoms with E-state index in [-0.39, 0.29) is 0 Å². The van der Waals surface area contributed by atoms with Gasteiger partial charge in [-0.2, -0.15) is 0 Å². The van der Waals surface area contributed by atoms with E-state index in [1.54, 1.807) is 0 Å². The average molecular weight is 302 g/mol. The summed E-state index contributed by atoms with van der Waals surface area (Å²) in [6.45, 7) is 5.88. The van der Waals surface area contributed by atoms with Crippen molar-refractivity contribution in [2.75, 3.05) is 6.54 Å². The summed E-state index contributed by atoms with van der Waals surface area (Å²) in [4.78, 5) is 1.49. The zero-order chi connectivity index (χ0) is 11.6. The van der Waals surface area contributed by atoms with Gasteiger partial charge in [0.1, 0.15) is 0 Å². The van der Waals surface area contributed by atoms with Crippen molar-refractivity contribution in [1.29, 1.82) is 0 Å². The first-order chi connectivity index (χ1) is 7.57. The zero-order valence-electron chi connectivity index (χ0n) is 10.1. The van der Waals surface area contributed by atoms with Gasteiger partial charge in [-0.05, 0) is 58.5 Å². The molecule has 16 heavy (non-hydrogen) atoms. The molecular weight excluding hydrogens is 282 g/mol. The van der Waals surface area contributed by atoms with Crippen LogP contribution < -0.4 is 5.32 Å². The molecular formula is C13H20BrNS. The molecule has 1 aromatic rings. The minimum absolute atomic E-state index is 0.409. The second-order valence-electron chi connectivity index (χ2n) is 5.51. The lowest BCUT2D eigenvalue weighted by Gasteiger charge is -2.25. The number of rotatable bonds is 6. The van der Waals surface area contributed by atoms with Crippen LogP contribution in [0.25, 0.3) is 0 Å². The Kier molecular flexibility index (Phi) is 4.09. The maximum atomic E-state index is 3.63. The molecule has 0 aromatic carbocycles. The molecule has 0 aliphatic heterocycles. The highest BCUT2D eigenvalue weighted by molar-refractivity contribution is 9.10. The van der Waals surface area contributed by atoms with Crippen LogP contribution in [0.5, 0.6) is 0 Å². The molecule has 0 saturated heterocycles. The Morgan fingerprint density at radius 2 is 2.25 bits per heavy atom. The molecule has 1 aromatic heterocycles. The molecule has 1 aliphatic carbocycles. The summed E-state index contributed by atoms with van der Waals surface area (Å²) in [5.74, 6) is 0. The van der Waals surface area contributed by atoms with E-state index in [1.165, 1.54) is 35.0 Å². The maximum absolute atomic E-state index is 3.63. The molecule has 1 fully saturated rings. The Hall–Kier alpha value is 0.140. The Labute approximate surface area is 111 Å². The lowest BCUT2D eigenvalue weighted by Crippen LogP contribution is -2.31. The highest BCUT2D eigenvalue weighted by atomic mass is 79.9. The predicted octanol–water partition coefficient (Wildman–Crippen LogP) is 4.22. The Morgan fingerprint density at radius 3 is 2.81 bits per heavy atom. The van der Waals surface area contributed by atoms with Crippen molar-refractivity contribution in [2.45, 2.75) is 45.6 Å². The summed E-state index contributed by atoms with van der Waals surface area (Å²) in [6, 6.07) is 2.97. The molecule has 0 spiro atoms. The van der Waals surface area contributed by atoms with E-state index in [4.69, 9.17) is 0 Å². The van der Waals surface area contributed by atoms with E-state index in [1.807, 2.05) is 11.3 Å². The molecule has 1 heterocycles. The fourth-order valence-electron chi connectivity index (χ4n) is 1.75. The van der Waals surface area contributed by atoms with Gasteiger partial charge in [0.2, 0.25) is 0 Å². The molecule has 1 saturated carbocycles. The van der Waals surface area contributed by atoms with Crippen LogP contribution in [0.2, 0.25) is 0 Å². The molecule has 3 heteroatoms. The van der Waals surface area contributed by atoms with Gasteiger partial charge in [0, 0.05) is 21.9 Å². The summed E-state index contributed by atoms with van der Waals surface area (Å²) in [5, 5.41) is 5.79. The van der Waals surface area contributed by atoms with Crippen LogP contribution in [-0.2, 0) is 6.42 Å².